The zero-order valence-electron chi connectivity index (χ0n) is 8.11. The molecule has 0 aliphatic carbocycles. The van der Waals surface area contributed by atoms with Crippen molar-refractivity contribution in [2.24, 2.45) is 5.73 Å². The maximum atomic E-state index is 10.9. The van der Waals surface area contributed by atoms with Crippen LogP contribution in [0.3, 0.4) is 0 Å². The van der Waals surface area contributed by atoms with Crippen molar-refractivity contribution < 1.29 is 15.0 Å². The molecule has 0 aromatic heterocycles. The van der Waals surface area contributed by atoms with Gasteiger partial charge in [0.25, 0.3) is 0 Å². The number of carboxylic acids is 1. The first-order valence-corrected chi connectivity index (χ1v) is 4.18. The summed E-state index contributed by atoms with van der Waals surface area (Å²) in [6.07, 6.45) is 0. The van der Waals surface area contributed by atoms with Crippen molar-refractivity contribution in [3.63, 3.8) is 0 Å². The van der Waals surface area contributed by atoms with Crippen LogP contribution >= 0.6 is 0 Å². The van der Waals surface area contributed by atoms with Crippen molar-refractivity contribution in [1.82, 2.24) is 0 Å². The molecule has 0 bridgehead atoms. The van der Waals surface area contributed by atoms with Gasteiger partial charge in [-0.3, -0.25) is 0 Å². The highest BCUT2D eigenvalue weighted by Gasteiger charge is 2.31. The molecule has 4 heteroatoms. The summed E-state index contributed by atoms with van der Waals surface area (Å²) in [5, 5.41) is 18.1. The first kappa shape index (κ1) is 10.5. The predicted octanol–water partition coefficient (Wildman–Crippen LogP) is 0.959. The van der Waals surface area contributed by atoms with E-state index in [0.717, 1.165) is 5.56 Å². The Balaban J connectivity index is 3.31. The van der Waals surface area contributed by atoms with Gasteiger partial charge in [-0.05, 0) is 37.1 Å². The highest BCUT2D eigenvalue weighted by atomic mass is 16.4. The maximum absolute atomic E-state index is 10.9. The summed E-state index contributed by atoms with van der Waals surface area (Å²) < 4.78 is 0. The van der Waals surface area contributed by atoms with Gasteiger partial charge in [0.05, 0.1) is 0 Å². The van der Waals surface area contributed by atoms with Crippen LogP contribution in [-0.2, 0) is 10.3 Å². The van der Waals surface area contributed by atoms with Crippen molar-refractivity contribution >= 4 is 5.97 Å². The molecule has 0 aliphatic heterocycles. The SMILES string of the molecule is Cc1ccc(O)cc1C(C)(N)C(=O)O. The average Bonchev–Trinajstić information content (AvgIpc) is 2.08. The summed E-state index contributed by atoms with van der Waals surface area (Å²) in [5.41, 5.74) is 5.34. The Morgan fingerprint density at radius 3 is 2.57 bits per heavy atom. The Morgan fingerprint density at radius 1 is 1.50 bits per heavy atom. The predicted molar refractivity (Wildman–Crippen MR) is 52.0 cm³/mol. The number of aliphatic carboxylic acids is 1. The molecule has 0 radical (unpaired) electrons. The second-order valence-corrected chi connectivity index (χ2v) is 3.51. The first-order valence-electron chi connectivity index (χ1n) is 4.18. The Kier molecular flexibility index (Phi) is 2.49. The van der Waals surface area contributed by atoms with Crippen molar-refractivity contribution in [2.75, 3.05) is 0 Å². The lowest BCUT2D eigenvalue weighted by atomic mass is 9.89. The lowest BCUT2D eigenvalue weighted by Gasteiger charge is -2.21. The number of hydrogen-bond acceptors (Lipinski definition) is 3. The van der Waals surface area contributed by atoms with Gasteiger partial charge in [-0.2, -0.15) is 0 Å². The largest absolute Gasteiger partial charge is 0.508 e. The van der Waals surface area contributed by atoms with Crippen LogP contribution in [-0.4, -0.2) is 16.2 Å². The number of carbonyl (C=O) groups is 1. The lowest BCUT2D eigenvalue weighted by molar-refractivity contribution is -0.143. The third kappa shape index (κ3) is 1.70. The van der Waals surface area contributed by atoms with E-state index in [1.165, 1.54) is 19.1 Å². The third-order valence-electron chi connectivity index (χ3n) is 2.22. The molecule has 0 spiro atoms. The second kappa shape index (κ2) is 3.31. The van der Waals surface area contributed by atoms with Crippen molar-refractivity contribution in [3.8, 4) is 5.75 Å². The molecule has 1 aromatic carbocycles. The van der Waals surface area contributed by atoms with E-state index in [9.17, 15) is 9.90 Å². The number of hydrogen-bond donors (Lipinski definition) is 3. The molecule has 4 nitrogen and oxygen atoms in total. The molecule has 0 saturated heterocycles. The van der Waals surface area contributed by atoms with Crippen molar-refractivity contribution in [2.45, 2.75) is 19.4 Å². The van der Waals surface area contributed by atoms with E-state index in [2.05, 4.69) is 0 Å². The first-order chi connectivity index (χ1) is 6.35. The van der Waals surface area contributed by atoms with Crippen LogP contribution in [0.2, 0.25) is 0 Å². The van der Waals surface area contributed by atoms with E-state index in [1.807, 2.05) is 0 Å². The normalized spacial score (nSPS) is 14.8. The fourth-order valence-electron chi connectivity index (χ4n) is 1.28. The molecular formula is C10H13NO3. The van der Waals surface area contributed by atoms with Gasteiger partial charge in [0.2, 0.25) is 0 Å². The lowest BCUT2D eigenvalue weighted by Crippen LogP contribution is -2.42. The molecule has 0 fully saturated rings. The summed E-state index contributed by atoms with van der Waals surface area (Å²) in [6.45, 7) is 3.15. The van der Waals surface area contributed by atoms with Crippen LogP contribution in [0, 0.1) is 6.92 Å². The van der Waals surface area contributed by atoms with E-state index in [1.54, 1.807) is 13.0 Å². The van der Waals surface area contributed by atoms with Gasteiger partial charge in [0.15, 0.2) is 0 Å². The third-order valence-corrected chi connectivity index (χ3v) is 2.22. The Bertz CT molecular complexity index is 372. The number of carboxylic acid groups (broad SMARTS) is 1. The van der Waals surface area contributed by atoms with E-state index >= 15 is 0 Å². The van der Waals surface area contributed by atoms with Crippen molar-refractivity contribution in [3.05, 3.63) is 29.3 Å². The number of rotatable bonds is 2. The highest BCUT2D eigenvalue weighted by Crippen LogP contribution is 2.25. The summed E-state index contributed by atoms with van der Waals surface area (Å²) in [5.74, 6) is -1.10. The van der Waals surface area contributed by atoms with Crippen LogP contribution in [0.5, 0.6) is 5.75 Å². The Labute approximate surface area is 82.0 Å². The van der Waals surface area contributed by atoms with Crippen molar-refractivity contribution in [1.29, 1.82) is 0 Å². The van der Waals surface area contributed by atoms with Gasteiger partial charge in [0, 0.05) is 0 Å². The summed E-state index contributed by atoms with van der Waals surface area (Å²) in [7, 11) is 0. The van der Waals surface area contributed by atoms with Gasteiger partial charge >= 0.3 is 5.97 Å². The zero-order chi connectivity index (χ0) is 10.9. The fraction of sp³-hybridized carbons (Fsp3) is 0.300. The number of benzene rings is 1. The molecular weight excluding hydrogens is 182 g/mol. The monoisotopic (exact) mass is 195 g/mol. The molecule has 0 amide bonds. The molecule has 0 aliphatic rings. The number of aromatic hydroxyl groups is 1. The Hall–Kier alpha value is -1.55. The quantitative estimate of drug-likeness (QED) is 0.656. The minimum absolute atomic E-state index is 0.0172. The molecule has 1 unspecified atom stereocenters. The van der Waals surface area contributed by atoms with Crippen LogP contribution in [0.4, 0.5) is 0 Å². The van der Waals surface area contributed by atoms with Gasteiger partial charge in [-0.1, -0.05) is 6.07 Å². The molecule has 14 heavy (non-hydrogen) atoms. The van der Waals surface area contributed by atoms with E-state index in [-0.39, 0.29) is 5.75 Å². The van der Waals surface area contributed by atoms with Gasteiger partial charge in [-0.25, -0.2) is 4.79 Å². The standard InChI is InChI=1S/C10H13NO3/c1-6-3-4-7(12)5-8(6)10(2,11)9(13)14/h3-5,12H,11H2,1-2H3,(H,13,14). The summed E-state index contributed by atoms with van der Waals surface area (Å²) in [6, 6.07) is 4.51. The number of aryl methyl sites for hydroxylation is 1. The van der Waals surface area contributed by atoms with E-state index < -0.39 is 11.5 Å². The molecule has 1 aromatic rings. The molecule has 1 rings (SSSR count). The number of phenolic OH excluding ortho intramolecular Hbond substituents is 1. The topological polar surface area (TPSA) is 83.5 Å². The van der Waals surface area contributed by atoms with E-state index in [0.29, 0.717) is 5.56 Å². The van der Waals surface area contributed by atoms with Crippen LogP contribution in [0.1, 0.15) is 18.1 Å². The minimum Gasteiger partial charge on any atom is -0.508 e. The second-order valence-electron chi connectivity index (χ2n) is 3.51. The molecule has 0 saturated carbocycles. The van der Waals surface area contributed by atoms with Gasteiger partial charge in [0.1, 0.15) is 11.3 Å². The van der Waals surface area contributed by atoms with Gasteiger partial charge in [-0.15, -0.1) is 0 Å². The minimum atomic E-state index is -1.47. The van der Waals surface area contributed by atoms with Crippen LogP contribution in [0.15, 0.2) is 18.2 Å². The van der Waals surface area contributed by atoms with E-state index in [4.69, 9.17) is 10.8 Å². The fourth-order valence-corrected chi connectivity index (χ4v) is 1.28. The Morgan fingerprint density at radius 2 is 2.07 bits per heavy atom. The smallest absolute Gasteiger partial charge is 0.328 e. The molecule has 0 heterocycles. The van der Waals surface area contributed by atoms with Gasteiger partial charge < -0.3 is 15.9 Å². The maximum Gasteiger partial charge on any atom is 0.328 e. The summed E-state index contributed by atoms with van der Waals surface area (Å²) in [4.78, 5) is 10.9. The molecule has 4 N–H and O–H groups in total. The number of nitrogens with two attached hydrogens (primary N) is 1. The highest BCUT2D eigenvalue weighted by molar-refractivity contribution is 5.80. The molecule has 76 valence electrons. The average molecular weight is 195 g/mol. The summed E-state index contributed by atoms with van der Waals surface area (Å²) >= 11 is 0. The van der Waals surface area contributed by atoms with Crippen LogP contribution < -0.4 is 5.73 Å². The number of phenols is 1. The zero-order valence-corrected chi connectivity index (χ0v) is 8.11. The van der Waals surface area contributed by atoms with Crippen LogP contribution in [0.25, 0.3) is 0 Å². The molecule has 1 atom stereocenters.